The molecule has 0 fully saturated rings. The van der Waals surface area contributed by atoms with Gasteiger partial charge in [-0.1, -0.05) is 140 Å². The summed E-state index contributed by atoms with van der Waals surface area (Å²) in [5.41, 5.74) is 14.8. The molecule has 0 saturated carbocycles. The molecule has 9 aromatic carbocycles. The van der Waals surface area contributed by atoms with Gasteiger partial charge in [0, 0.05) is 44.0 Å². The van der Waals surface area contributed by atoms with E-state index in [2.05, 4.69) is 203 Å². The highest BCUT2D eigenvalue weighted by atomic mass is 15.0. The fourth-order valence-electron chi connectivity index (χ4n) is 8.95. The normalized spacial score (nSPS) is 11.8. The van der Waals surface area contributed by atoms with Crippen molar-refractivity contribution < 1.29 is 0 Å². The molecule has 270 valence electrons. The molecule has 0 bridgehead atoms. The van der Waals surface area contributed by atoms with Gasteiger partial charge in [0.2, 0.25) is 0 Å². The number of benzene rings is 9. The summed E-state index contributed by atoms with van der Waals surface area (Å²) in [5.74, 6) is 0. The van der Waals surface area contributed by atoms with Gasteiger partial charge in [-0.05, 0) is 88.6 Å². The van der Waals surface area contributed by atoms with Gasteiger partial charge in [-0.2, -0.15) is 0 Å². The molecule has 3 heterocycles. The van der Waals surface area contributed by atoms with E-state index in [1.807, 2.05) is 12.1 Å². The summed E-state index contributed by atoms with van der Waals surface area (Å²) in [6, 6.07) is 73.8. The molecule has 4 heteroatoms. The second-order valence-corrected chi connectivity index (χ2v) is 15.0. The first kappa shape index (κ1) is 32.4. The van der Waals surface area contributed by atoms with E-state index < -0.39 is 0 Å². The minimum absolute atomic E-state index is 0.863. The third kappa shape index (κ3) is 5.09. The van der Waals surface area contributed by atoms with Gasteiger partial charge in [-0.25, -0.2) is 9.97 Å². The molecule has 0 saturated heterocycles. The smallest absolute Gasteiger partial charge is 0.0973 e. The van der Waals surface area contributed by atoms with E-state index >= 15 is 0 Å². The van der Waals surface area contributed by atoms with Crippen LogP contribution in [0.1, 0.15) is 0 Å². The van der Waals surface area contributed by atoms with Gasteiger partial charge in [0.1, 0.15) is 0 Å². The van der Waals surface area contributed by atoms with E-state index in [0.717, 1.165) is 56.0 Å². The van der Waals surface area contributed by atoms with Gasteiger partial charge in [0.25, 0.3) is 0 Å². The fraction of sp³-hybridized carbons (Fsp3) is 0. The maximum absolute atomic E-state index is 5.29. The van der Waals surface area contributed by atoms with Crippen molar-refractivity contribution in [3.8, 4) is 45.0 Å². The van der Waals surface area contributed by atoms with Crippen LogP contribution in [0.3, 0.4) is 0 Å². The molecule has 12 rings (SSSR count). The van der Waals surface area contributed by atoms with Crippen molar-refractivity contribution in [1.29, 1.82) is 0 Å². The highest BCUT2D eigenvalue weighted by Crippen LogP contribution is 2.41. The molecule has 0 unspecified atom stereocenters. The number of nitrogens with zero attached hydrogens (tertiary/aromatic N) is 4. The van der Waals surface area contributed by atoms with Gasteiger partial charge in [0.05, 0.1) is 44.5 Å². The van der Waals surface area contributed by atoms with Crippen molar-refractivity contribution in [3.63, 3.8) is 0 Å². The topological polar surface area (TPSA) is 35.6 Å². The maximum atomic E-state index is 5.29. The van der Waals surface area contributed by atoms with Crippen LogP contribution >= 0.6 is 0 Å². The van der Waals surface area contributed by atoms with Crippen molar-refractivity contribution in [2.45, 2.75) is 0 Å². The largest absolute Gasteiger partial charge is 0.309 e. The Morgan fingerprint density at radius 2 is 0.793 bits per heavy atom. The molecule has 3 aromatic heterocycles. The van der Waals surface area contributed by atoms with Crippen LogP contribution in [0.5, 0.6) is 0 Å². The molecule has 0 aliphatic rings. The Bertz CT molecular complexity index is 3550. The second-order valence-electron chi connectivity index (χ2n) is 15.0. The van der Waals surface area contributed by atoms with Crippen LogP contribution in [0.25, 0.3) is 110 Å². The SMILES string of the molecule is c1ccc(-c2nc3ccc(-c4cccc(-n5c6ccccc6c6cc7c8cc9ccccc9cc8n(-c8ccccc8)c7cc65)c4)cc3nc2-c2ccccc2)cc1. The van der Waals surface area contributed by atoms with Gasteiger partial charge in [-0.15, -0.1) is 0 Å². The zero-order valence-electron chi connectivity index (χ0n) is 31.4. The van der Waals surface area contributed by atoms with Crippen LogP contribution in [0.15, 0.2) is 206 Å². The Morgan fingerprint density at radius 3 is 1.53 bits per heavy atom. The highest BCUT2D eigenvalue weighted by Gasteiger charge is 2.20. The number of hydrogen-bond donors (Lipinski definition) is 0. The predicted molar refractivity (Wildman–Crippen MR) is 242 cm³/mol. The van der Waals surface area contributed by atoms with Crippen molar-refractivity contribution in [2.24, 2.45) is 0 Å². The quantitative estimate of drug-likeness (QED) is 0.176. The third-order valence-electron chi connectivity index (χ3n) is 11.6. The second kappa shape index (κ2) is 12.9. The first-order valence-electron chi connectivity index (χ1n) is 19.7. The average molecular weight is 739 g/mol. The Hall–Kier alpha value is -7.82. The van der Waals surface area contributed by atoms with Crippen LogP contribution < -0.4 is 0 Å². The molecule has 0 spiro atoms. The lowest BCUT2D eigenvalue weighted by Crippen LogP contribution is -1.97. The molecular formula is C54H34N4. The number of hydrogen-bond acceptors (Lipinski definition) is 2. The zero-order valence-corrected chi connectivity index (χ0v) is 31.4. The summed E-state index contributed by atoms with van der Waals surface area (Å²) in [4.78, 5) is 10.5. The van der Waals surface area contributed by atoms with Crippen molar-refractivity contribution in [3.05, 3.63) is 206 Å². The van der Waals surface area contributed by atoms with Crippen LogP contribution in [-0.4, -0.2) is 19.1 Å². The summed E-state index contributed by atoms with van der Waals surface area (Å²) < 4.78 is 4.86. The lowest BCUT2D eigenvalue weighted by molar-refractivity contribution is 1.17. The first-order chi connectivity index (χ1) is 28.7. The van der Waals surface area contributed by atoms with Crippen molar-refractivity contribution in [1.82, 2.24) is 19.1 Å². The summed E-state index contributed by atoms with van der Waals surface area (Å²) in [5, 5.41) is 7.44. The third-order valence-corrected chi connectivity index (χ3v) is 11.6. The maximum Gasteiger partial charge on any atom is 0.0973 e. The van der Waals surface area contributed by atoms with Crippen LogP contribution in [0.2, 0.25) is 0 Å². The number of para-hydroxylation sites is 2. The minimum atomic E-state index is 0.863. The molecule has 4 nitrogen and oxygen atoms in total. The van der Waals surface area contributed by atoms with Gasteiger partial charge in [-0.3, -0.25) is 0 Å². The molecule has 12 aromatic rings. The van der Waals surface area contributed by atoms with Gasteiger partial charge >= 0.3 is 0 Å². The minimum Gasteiger partial charge on any atom is -0.309 e. The van der Waals surface area contributed by atoms with E-state index in [9.17, 15) is 0 Å². The summed E-state index contributed by atoms with van der Waals surface area (Å²) in [6.45, 7) is 0. The summed E-state index contributed by atoms with van der Waals surface area (Å²) in [6.07, 6.45) is 0. The molecular weight excluding hydrogens is 705 g/mol. The fourth-order valence-corrected chi connectivity index (χ4v) is 8.95. The molecule has 0 aliphatic heterocycles. The lowest BCUT2D eigenvalue weighted by atomic mass is 10.0. The van der Waals surface area contributed by atoms with E-state index in [4.69, 9.17) is 9.97 Å². The van der Waals surface area contributed by atoms with E-state index in [1.54, 1.807) is 0 Å². The lowest BCUT2D eigenvalue weighted by Gasteiger charge is -2.13. The summed E-state index contributed by atoms with van der Waals surface area (Å²) >= 11 is 0. The highest BCUT2D eigenvalue weighted by molar-refractivity contribution is 6.20. The number of aromatic nitrogens is 4. The van der Waals surface area contributed by atoms with E-state index in [1.165, 1.54) is 54.4 Å². The van der Waals surface area contributed by atoms with Gasteiger partial charge in [0.15, 0.2) is 0 Å². The molecule has 58 heavy (non-hydrogen) atoms. The van der Waals surface area contributed by atoms with Crippen LogP contribution in [-0.2, 0) is 0 Å². The summed E-state index contributed by atoms with van der Waals surface area (Å²) in [7, 11) is 0. The monoisotopic (exact) mass is 738 g/mol. The number of rotatable bonds is 5. The molecule has 0 N–H and O–H groups in total. The molecule has 0 amide bonds. The van der Waals surface area contributed by atoms with Crippen LogP contribution in [0.4, 0.5) is 0 Å². The van der Waals surface area contributed by atoms with Crippen molar-refractivity contribution in [2.75, 3.05) is 0 Å². The number of fused-ring (bicyclic) bond motifs is 8. The average Bonchev–Trinajstić information content (AvgIpc) is 3.78. The Kier molecular flexibility index (Phi) is 7.20. The Morgan fingerprint density at radius 1 is 0.276 bits per heavy atom. The predicted octanol–water partition coefficient (Wildman–Crippen LogP) is 14.0. The zero-order chi connectivity index (χ0) is 38.2. The molecule has 0 aliphatic carbocycles. The van der Waals surface area contributed by atoms with Crippen LogP contribution in [0, 0.1) is 0 Å². The first-order valence-corrected chi connectivity index (χ1v) is 19.7. The van der Waals surface area contributed by atoms with Crippen molar-refractivity contribution >= 4 is 65.4 Å². The van der Waals surface area contributed by atoms with Gasteiger partial charge < -0.3 is 9.13 Å². The van der Waals surface area contributed by atoms with E-state index in [0.29, 0.717) is 0 Å². The Labute approximate surface area is 334 Å². The molecule has 0 radical (unpaired) electrons. The molecule has 0 atom stereocenters. The van der Waals surface area contributed by atoms with E-state index in [-0.39, 0.29) is 0 Å². The Balaban J connectivity index is 1.06. The standard InChI is InChI=1S/C54H34N4/c1-4-15-35(16-5-1)53-54(36-17-6-2-7-18-36)56-48-31-40(27-28-47(48)55-53)37-21-14-24-42(29-37)58-49-26-13-12-25-43(49)45-33-46-44-30-38-19-10-11-20-39(38)32-50(44)57(52(46)34-51(45)58)41-22-8-3-9-23-41/h1-34H.